The molecule has 36 heavy (non-hydrogen) atoms. The van der Waals surface area contributed by atoms with Crippen molar-refractivity contribution in [1.29, 1.82) is 0 Å². The molecule has 194 valence electrons. The maximum Gasteiger partial charge on any atom is 0.262 e. The molecule has 5 amide bonds. The van der Waals surface area contributed by atoms with Crippen LogP contribution in [0.15, 0.2) is 18.2 Å². The van der Waals surface area contributed by atoms with Gasteiger partial charge in [0.15, 0.2) is 0 Å². The van der Waals surface area contributed by atoms with Gasteiger partial charge < -0.3 is 9.80 Å². The number of piperidine rings is 2. The molecule has 2 saturated heterocycles. The van der Waals surface area contributed by atoms with Crippen LogP contribution in [0.1, 0.15) is 80.0 Å². The summed E-state index contributed by atoms with van der Waals surface area (Å²) < 4.78 is 0. The fourth-order valence-electron chi connectivity index (χ4n) is 5.72. The van der Waals surface area contributed by atoms with Crippen molar-refractivity contribution in [1.82, 2.24) is 15.1 Å². The van der Waals surface area contributed by atoms with E-state index < -0.39 is 29.7 Å². The minimum Gasteiger partial charge on any atom is -0.371 e. The molecule has 9 heteroatoms. The van der Waals surface area contributed by atoms with E-state index >= 15 is 0 Å². The summed E-state index contributed by atoms with van der Waals surface area (Å²) in [5.41, 5.74) is 1.46. The molecule has 0 spiro atoms. The molecule has 0 radical (unpaired) electrons. The Bertz CT molecular complexity index is 1090. The third-order valence-corrected chi connectivity index (χ3v) is 8.09. The first-order chi connectivity index (χ1) is 17.1. The van der Waals surface area contributed by atoms with Crippen molar-refractivity contribution in [3.05, 3.63) is 29.3 Å². The zero-order valence-electron chi connectivity index (χ0n) is 21.6. The molecule has 1 aromatic rings. The lowest BCUT2D eigenvalue weighted by Gasteiger charge is -2.42. The van der Waals surface area contributed by atoms with Gasteiger partial charge in [0.25, 0.3) is 11.8 Å². The third kappa shape index (κ3) is 4.75. The van der Waals surface area contributed by atoms with Crippen molar-refractivity contribution in [2.75, 3.05) is 31.6 Å². The van der Waals surface area contributed by atoms with Crippen LogP contribution in [0.25, 0.3) is 0 Å². The van der Waals surface area contributed by atoms with Crippen molar-refractivity contribution >= 4 is 35.2 Å². The molecule has 9 nitrogen and oxygen atoms in total. The number of fused-ring (bicyclic) bond motifs is 1. The number of nitrogens with zero attached hydrogens (tertiary/aromatic N) is 3. The van der Waals surface area contributed by atoms with Crippen LogP contribution in [0.4, 0.5) is 5.69 Å². The third-order valence-electron chi connectivity index (χ3n) is 8.09. The lowest BCUT2D eigenvalue weighted by molar-refractivity contribution is -0.137. The van der Waals surface area contributed by atoms with Crippen molar-refractivity contribution in [2.24, 2.45) is 11.3 Å². The SMILES string of the molecule is CCC(CC)C(=O)N(C)CC1(C)CCN(c2ccc3c(c2)C(=O)N(C2CCC(=O)NC2=O)C3=O)CC1. The number of imide groups is 2. The molecule has 4 rings (SSSR count). The van der Waals surface area contributed by atoms with E-state index in [0.717, 1.165) is 49.4 Å². The van der Waals surface area contributed by atoms with Gasteiger partial charge in [-0.05, 0) is 55.7 Å². The van der Waals surface area contributed by atoms with Crippen LogP contribution in [0, 0.1) is 11.3 Å². The van der Waals surface area contributed by atoms with Crippen LogP contribution in [0.2, 0.25) is 0 Å². The Labute approximate surface area is 212 Å². The van der Waals surface area contributed by atoms with Gasteiger partial charge in [0.2, 0.25) is 17.7 Å². The maximum absolute atomic E-state index is 13.1. The predicted molar refractivity (Wildman–Crippen MR) is 134 cm³/mol. The summed E-state index contributed by atoms with van der Waals surface area (Å²) in [6, 6.07) is 4.29. The van der Waals surface area contributed by atoms with Gasteiger partial charge in [-0.1, -0.05) is 20.8 Å². The molecule has 1 aromatic carbocycles. The van der Waals surface area contributed by atoms with Gasteiger partial charge in [-0.3, -0.25) is 34.2 Å². The van der Waals surface area contributed by atoms with Crippen molar-refractivity contribution < 1.29 is 24.0 Å². The average Bonchev–Trinajstić information content (AvgIpc) is 3.09. The molecule has 1 unspecified atom stereocenters. The summed E-state index contributed by atoms with van der Waals surface area (Å²) >= 11 is 0. The van der Waals surface area contributed by atoms with Crippen LogP contribution >= 0.6 is 0 Å². The van der Waals surface area contributed by atoms with E-state index in [0.29, 0.717) is 12.1 Å². The largest absolute Gasteiger partial charge is 0.371 e. The summed E-state index contributed by atoms with van der Waals surface area (Å²) in [4.78, 5) is 67.7. The maximum atomic E-state index is 13.1. The Morgan fingerprint density at radius 3 is 2.33 bits per heavy atom. The number of carbonyl (C=O) groups excluding carboxylic acids is 5. The fraction of sp³-hybridized carbons (Fsp3) is 0.593. The molecule has 3 aliphatic rings. The molecule has 3 heterocycles. The fourth-order valence-corrected chi connectivity index (χ4v) is 5.72. The smallest absolute Gasteiger partial charge is 0.262 e. The molecule has 3 aliphatic heterocycles. The van der Waals surface area contributed by atoms with Crippen LogP contribution in [0.5, 0.6) is 0 Å². The molecule has 0 aromatic heterocycles. The van der Waals surface area contributed by atoms with E-state index in [4.69, 9.17) is 0 Å². The molecule has 1 atom stereocenters. The number of rotatable bonds is 7. The highest BCUT2D eigenvalue weighted by molar-refractivity contribution is 6.23. The minimum atomic E-state index is -0.964. The molecule has 0 saturated carbocycles. The summed E-state index contributed by atoms with van der Waals surface area (Å²) in [5, 5.41) is 2.22. The van der Waals surface area contributed by atoms with Gasteiger partial charge >= 0.3 is 0 Å². The Kier molecular flexibility index (Phi) is 7.20. The molecular weight excluding hydrogens is 460 g/mol. The topological polar surface area (TPSA) is 107 Å². The van der Waals surface area contributed by atoms with E-state index in [9.17, 15) is 24.0 Å². The van der Waals surface area contributed by atoms with Gasteiger partial charge in [0, 0.05) is 44.7 Å². The van der Waals surface area contributed by atoms with E-state index in [1.807, 2.05) is 18.0 Å². The Hall–Kier alpha value is -3.23. The zero-order valence-corrected chi connectivity index (χ0v) is 21.6. The second kappa shape index (κ2) is 10.0. The van der Waals surface area contributed by atoms with Gasteiger partial charge in [-0.2, -0.15) is 0 Å². The van der Waals surface area contributed by atoms with E-state index in [-0.39, 0.29) is 35.6 Å². The van der Waals surface area contributed by atoms with E-state index in [2.05, 4.69) is 31.0 Å². The summed E-state index contributed by atoms with van der Waals surface area (Å²) in [5.74, 6) is -1.69. The normalized spacial score (nSPS) is 21.6. The number of hydrogen-bond donors (Lipinski definition) is 1. The van der Waals surface area contributed by atoms with Gasteiger partial charge in [-0.15, -0.1) is 0 Å². The Morgan fingerprint density at radius 2 is 1.72 bits per heavy atom. The molecule has 1 N–H and O–H groups in total. The highest BCUT2D eigenvalue weighted by Gasteiger charge is 2.45. The van der Waals surface area contributed by atoms with Crippen LogP contribution < -0.4 is 10.2 Å². The van der Waals surface area contributed by atoms with Crippen LogP contribution in [-0.4, -0.2) is 72.1 Å². The number of benzene rings is 1. The first-order valence-electron chi connectivity index (χ1n) is 12.9. The van der Waals surface area contributed by atoms with Gasteiger partial charge in [0.05, 0.1) is 11.1 Å². The highest BCUT2D eigenvalue weighted by atomic mass is 16.2. The number of hydrogen-bond acceptors (Lipinski definition) is 6. The standard InChI is InChI=1S/C27H36N4O5/c1-5-17(6-2)24(34)29(4)16-27(3)11-13-30(14-12-27)18-7-8-19-20(15-18)26(36)31(25(19)35)21-9-10-22(32)28-23(21)33/h7-8,15,17,21H,5-6,9-14,16H2,1-4H3,(H,28,32,33). The lowest BCUT2D eigenvalue weighted by atomic mass is 9.79. The summed E-state index contributed by atoms with van der Waals surface area (Å²) in [6.45, 7) is 8.61. The number of carbonyl (C=O) groups is 5. The molecular formula is C27H36N4O5. The second-order valence-corrected chi connectivity index (χ2v) is 10.7. The number of amides is 5. The second-order valence-electron chi connectivity index (χ2n) is 10.7. The molecule has 0 aliphatic carbocycles. The van der Waals surface area contributed by atoms with E-state index in [1.54, 1.807) is 12.1 Å². The van der Waals surface area contributed by atoms with Crippen molar-refractivity contribution in [3.63, 3.8) is 0 Å². The first kappa shape index (κ1) is 25.9. The molecule has 2 fully saturated rings. The van der Waals surface area contributed by atoms with Crippen LogP contribution in [-0.2, 0) is 14.4 Å². The quantitative estimate of drug-likeness (QED) is 0.582. The lowest BCUT2D eigenvalue weighted by Crippen LogP contribution is -2.54. The first-order valence-corrected chi connectivity index (χ1v) is 12.9. The highest BCUT2D eigenvalue weighted by Crippen LogP contribution is 2.36. The minimum absolute atomic E-state index is 0.0119. The van der Waals surface area contributed by atoms with Crippen molar-refractivity contribution in [2.45, 2.75) is 65.3 Å². The van der Waals surface area contributed by atoms with Gasteiger partial charge in [-0.25, -0.2) is 0 Å². The summed E-state index contributed by atoms with van der Waals surface area (Å²) in [6.07, 6.45) is 3.75. The van der Waals surface area contributed by atoms with Crippen LogP contribution in [0.3, 0.4) is 0 Å². The Morgan fingerprint density at radius 1 is 1.08 bits per heavy atom. The number of nitrogens with one attached hydrogen (secondary N) is 1. The zero-order chi connectivity index (χ0) is 26.2. The average molecular weight is 497 g/mol. The Balaban J connectivity index is 1.42. The summed E-state index contributed by atoms with van der Waals surface area (Å²) in [7, 11) is 1.90. The monoisotopic (exact) mass is 496 g/mol. The predicted octanol–water partition coefficient (Wildman–Crippen LogP) is 2.59. The van der Waals surface area contributed by atoms with E-state index in [1.165, 1.54) is 0 Å². The van der Waals surface area contributed by atoms with Crippen molar-refractivity contribution in [3.8, 4) is 0 Å². The number of anilines is 1. The van der Waals surface area contributed by atoms with Gasteiger partial charge in [0.1, 0.15) is 6.04 Å². The molecule has 0 bridgehead atoms.